The molecule has 8 nitrogen and oxygen atoms in total. The number of hydrogen-bond donors (Lipinski definition) is 1. The molecule has 0 aromatic carbocycles. The lowest BCUT2D eigenvalue weighted by atomic mass is 9.72. The molecule has 2 amide bonds. The highest BCUT2D eigenvalue weighted by atomic mass is 35.5. The highest BCUT2D eigenvalue weighted by Crippen LogP contribution is 2.40. The fourth-order valence-electron chi connectivity index (χ4n) is 4.90. The molecule has 0 saturated carbocycles. The van der Waals surface area contributed by atoms with Crippen molar-refractivity contribution in [1.29, 1.82) is 0 Å². The van der Waals surface area contributed by atoms with E-state index in [0.717, 1.165) is 71.6 Å². The number of piperidine rings is 2. The number of ether oxygens (including phenoxy) is 1. The summed E-state index contributed by atoms with van der Waals surface area (Å²) in [5.74, 6) is 0.509. The second kappa shape index (κ2) is 12.0. The van der Waals surface area contributed by atoms with Gasteiger partial charge in [-0.1, -0.05) is 0 Å². The van der Waals surface area contributed by atoms with Crippen LogP contribution in [-0.2, 0) is 20.9 Å². The molecule has 3 fully saturated rings. The summed E-state index contributed by atoms with van der Waals surface area (Å²) < 4.78 is 7.52. The lowest BCUT2D eigenvalue weighted by Gasteiger charge is -2.47. The first-order chi connectivity index (χ1) is 14.1. The summed E-state index contributed by atoms with van der Waals surface area (Å²) in [6.07, 6.45) is 10.6. The molecule has 3 aliphatic rings. The molecule has 31 heavy (non-hydrogen) atoms. The van der Waals surface area contributed by atoms with Gasteiger partial charge in [-0.05, 0) is 31.1 Å². The maximum absolute atomic E-state index is 12.7. The summed E-state index contributed by atoms with van der Waals surface area (Å²) in [6.45, 7) is 6.33. The predicted octanol–water partition coefficient (Wildman–Crippen LogP) is 1.73. The molecule has 1 aromatic rings. The number of carbonyl (C=O) groups is 2. The second-order valence-corrected chi connectivity index (χ2v) is 8.78. The summed E-state index contributed by atoms with van der Waals surface area (Å²) in [5.41, 5.74) is 0.186. The van der Waals surface area contributed by atoms with Crippen LogP contribution in [0, 0.1) is 5.41 Å². The number of nitrogens with zero attached hydrogens (tertiary/aromatic N) is 4. The van der Waals surface area contributed by atoms with E-state index in [-0.39, 0.29) is 48.1 Å². The molecule has 4 heterocycles. The molecule has 0 radical (unpaired) electrons. The zero-order valence-electron chi connectivity index (χ0n) is 18.0. The quantitative estimate of drug-likeness (QED) is 0.677. The van der Waals surface area contributed by atoms with E-state index in [1.807, 2.05) is 17.4 Å². The summed E-state index contributed by atoms with van der Waals surface area (Å²) in [5, 5.41) is 3.36. The van der Waals surface area contributed by atoms with Crippen molar-refractivity contribution in [2.24, 2.45) is 5.41 Å². The van der Waals surface area contributed by atoms with Gasteiger partial charge in [-0.2, -0.15) is 0 Å². The molecule has 0 bridgehead atoms. The Balaban J connectivity index is 0.00000171. The van der Waals surface area contributed by atoms with Crippen LogP contribution in [0.5, 0.6) is 0 Å². The zero-order chi connectivity index (χ0) is 20.1. The maximum atomic E-state index is 12.7. The van der Waals surface area contributed by atoms with E-state index in [1.54, 1.807) is 6.20 Å². The Morgan fingerprint density at radius 1 is 1.23 bits per heavy atom. The van der Waals surface area contributed by atoms with Crippen molar-refractivity contribution >= 4 is 36.6 Å². The third-order valence-corrected chi connectivity index (χ3v) is 6.75. The van der Waals surface area contributed by atoms with Gasteiger partial charge in [-0.15, -0.1) is 24.8 Å². The SMILES string of the molecule is Cl.Cl.O=C(CC1COCCN1)N1CCC2(CCC(=O)N(CCCn3ccnc3)C2)CC1. The number of aromatic nitrogens is 2. The van der Waals surface area contributed by atoms with Crippen LogP contribution in [0.1, 0.15) is 38.5 Å². The molecule has 1 N–H and O–H groups in total. The highest BCUT2D eigenvalue weighted by molar-refractivity contribution is 5.85. The predicted molar refractivity (Wildman–Crippen MR) is 123 cm³/mol. The lowest BCUT2D eigenvalue weighted by molar-refractivity contribution is -0.143. The van der Waals surface area contributed by atoms with Gasteiger partial charge in [-0.25, -0.2) is 4.98 Å². The Morgan fingerprint density at radius 2 is 2.03 bits per heavy atom. The first-order valence-electron chi connectivity index (χ1n) is 11.0. The summed E-state index contributed by atoms with van der Waals surface area (Å²) in [7, 11) is 0. The fraction of sp³-hybridized carbons (Fsp3) is 0.762. The van der Waals surface area contributed by atoms with Crippen LogP contribution in [0.15, 0.2) is 18.7 Å². The minimum atomic E-state index is 0. The Hall–Kier alpha value is -1.35. The van der Waals surface area contributed by atoms with Gasteiger partial charge >= 0.3 is 0 Å². The van der Waals surface area contributed by atoms with Gasteiger partial charge in [0, 0.05) is 70.5 Å². The zero-order valence-corrected chi connectivity index (χ0v) is 19.7. The monoisotopic (exact) mass is 475 g/mol. The van der Waals surface area contributed by atoms with E-state index in [0.29, 0.717) is 19.4 Å². The Bertz CT molecular complexity index is 689. The molecule has 4 rings (SSSR count). The molecular weight excluding hydrogens is 441 g/mol. The Labute approximate surface area is 196 Å². The number of aryl methyl sites for hydroxylation is 1. The van der Waals surface area contributed by atoms with E-state index >= 15 is 0 Å². The van der Waals surface area contributed by atoms with Gasteiger partial charge < -0.3 is 24.4 Å². The first-order valence-corrected chi connectivity index (χ1v) is 11.0. The number of hydrogen-bond acceptors (Lipinski definition) is 5. The van der Waals surface area contributed by atoms with Crippen LogP contribution in [-0.4, -0.2) is 83.1 Å². The number of carbonyl (C=O) groups excluding carboxylic acids is 2. The highest BCUT2D eigenvalue weighted by Gasteiger charge is 2.41. The van der Waals surface area contributed by atoms with Gasteiger partial charge in [0.15, 0.2) is 0 Å². The molecule has 1 aromatic heterocycles. The lowest BCUT2D eigenvalue weighted by Crippen LogP contribution is -2.53. The van der Waals surface area contributed by atoms with E-state index in [2.05, 4.69) is 19.8 Å². The number of morpholine rings is 1. The Morgan fingerprint density at radius 3 is 2.71 bits per heavy atom. The molecule has 1 spiro atoms. The molecule has 1 atom stereocenters. The van der Waals surface area contributed by atoms with Crippen molar-refractivity contribution in [3.05, 3.63) is 18.7 Å². The topological polar surface area (TPSA) is 79.7 Å². The van der Waals surface area contributed by atoms with Crippen molar-refractivity contribution in [2.75, 3.05) is 45.9 Å². The van der Waals surface area contributed by atoms with E-state index in [4.69, 9.17) is 4.74 Å². The minimum absolute atomic E-state index is 0. The van der Waals surface area contributed by atoms with Crippen molar-refractivity contribution < 1.29 is 14.3 Å². The van der Waals surface area contributed by atoms with Crippen molar-refractivity contribution in [2.45, 2.75) is 51.1 Å². The molecular formula is C21H35Cl2N5O3. The van der Waals surface area contributed by atoms with Crippen LogP contribution in [0.4, 0.5) is 0 Å². The van der Waals surface area contributed by atoms with Crippen LogP contribution in [0.2, 0.25) is 0 Å². The van der Waals surface area contributed by atoms with Gasteiger partial charge in [0.2, 0.25) is 11.8 Å². The Kier molecular flexibility index (Phi) is 10.1. The third kappa shape index (κ3) is 6.81. The first kappa shape index (κ1) is 25.9. The molecule has 176 valence electrons. The number of rotatable bonds is 6. The van der Waals surface area contributed by atoms with Gasteiger partial charge in [-0.3, -0.25) is 9.59 Å². The van der Waals surface area contributed by atoms with Gasteiger partial charge in [0.25, 0.3) is 0 Å². The molecule has 3 aliphatic heterocycles. The average Bonchev–Trinajstić information content (AvgIpc) is 3.26. The number of halogens is 2. The third-order valence-electron chi connectivity index (χ3n) is 6.75. The van der Waals surface area contributed by atoms with Crippen molar-refractivity contribution in [3.8, 4) is 0 Å². The van der Waals surface area contributed by atoms with Gasteiger partial charge in [0.05, 0.1) is 19.5 Å². The number of amides is 2. The maximum Gasteiger partial charge on any atom is 0.224 e. The minimum Gasteiger partial charge on any atom is -0.378 e. The molecule has 3 saturated heterocycles. The van der Waals surface area contributed by atoms with Crippen LogP contribution < -0.4 is 5.32 Å². The largest absolute Gasteiger partial charge is 0.378 e. The smallest absolute Gasteiger partial charge is 0.224 e. The average molecular weight is 476 g/mol. The summed E-state index contributed by atoms with van der Waals surface area (Å²) >= 11 is 0. The second-order valence-electron chi connectivity index (χ2n) is 8.78. The van der Waals surface area contributed by atoms with Crippen molar-refractivity contribution in [3.63, 3.8) is 0 Å². The van der Waals surface area contributed by atoms with E-state index in [9.17, 15) is 9.59 Å². The standard InChI is InChI=1S/C21H33N5O3.2ClH/c27-19-2-3-21(16-26(19)9-1-8-24-12-6-22-17-24)4-10-25(11-5-21)20(28)14-18-15-29-13-7-23-18;;/h6,12,17-18,23H,1-5,7-11,13-16H2;2*1H. The van der Waals surface area contributed by atoms with Crippen molar-refractivity contribution in [1.82, 2.24) is 24.7 Å². The molecule has 10 heteroatoms. The van der Waals surface area contributed by atoms with Gasteiger partial charge in [0.1, 0.15) is 0 Å². The van der Waals surface area contributed by atoms with Crippen LogP contribution >= 0.6 is 24.8 Å². The molecule has 0 aliphatic carbocycles. The van der Waals surface area contributed by atoms with Crippen LogP contribution in [0.25, 0.3) is 0 Å². The summed E-state index contributed by atoms with van der Waals surface area (Å²) in [4.78, 5) is 33.2. The summed E-state index contributed by atoms with van der Waals surface area (Å²) in [6, 6.07) is 0.144. The normalized spacial score (nSPS) is 23.2. The fourth-order valence-corrected chi connectivity index (χ4v) is 4.90. The number of nitrogens with one attached hydrogen (secondary N) is 1. The number of imidazole rings is 1. The molecule has 1 unspecified atom stereocenters. The van der Waals surface area contributed by atoms with E-state index < -0.39 is 0 Å². The number of likely N-dealkylation sites (tertiary alicyclic amines) is 2. The van der Waals surface area contributed by atoms with Crippen LogP contribution in [0.3, 0.4) is 0 Å². The van der Waals surface area contributed by atoms with E-state index in [1.165, 1.54) is 0 Å².